The van der Waals surface area contributed by atoms with Crippen molar-refractivity contribution in [2.75, 3.05) is 24.7 Å². The first-order valence-corrected chi connectivity index (χ1v) is 6.26. The van der Waals surface area contributed by atoms with Gasteiger partial charge in [0.1, 0.15) is 6.61 Å². The third kappa shape index (κ3) is 2.50. The van der Waals surface area contributed by atoms with E-state index in [0.29, 0.717) is 13.2 Å². The minimum Gasteiger partial charge on any atom is -0.370 e. The summed E-state index contributed by atoms with van der Waals surface area (Å²) in [6, 6.07) is 6.32. The van der Waals surface area contributed by atoms with Gasteiger partial charge in [0.05, 0.1) is 6.61 Å². The van der Waals surface area contributed by atoms with Crippen molar-refractivity contribution in [2.24, 2.45) is 0 Å². The molecule has 0 spiro atoms. The predicted molar refractivity (Wildman–Crippen MR) is 68.4 cm³/mol. The zero-order valence-corrected chi connectivity index (χ0v) is 10.5. The summed E-state index contributed by atoms with van der Waals surface area (Å²) in [5, 5.41) is 0. The molecule has 92 valence electrons. The molecule has 0 unspecified atom stereocenters. The molecule has 0 aromatic heterocycles. The van der Waals surface area contributed by atoms with Crippen molar-refractivity contribution in [3.8, 4) is 0 Å². The zero-order valence-electron chi connectivity index (χ0n) is 10.5. The van der Waals surface area contributed by atoms with Gasteiger partial charge in [-0.05, 0) is 36.1 Å². The fourth-order valence-corrected chi connectivity index (χ4v) is 2.25. The molecule has 0 bridgehead atoms. The van der Waals surface area contributed by atoms with Crippen molar-refractivity contribution in [1.29, 1.82) is 0 Å². The van der Waals surface area contributed by atoms with E-state index in [1.54, 1.807) is 0 Å². The van der Waals surface area contributed by atoms with Gasteiger partial charge in [0, 0.05) is 12.2 Å². The Morgan fingerprint density at radius 2 is 2.00 bits per heavy atom. The fraction of sp³-hybridized carbons (Fsp3) is 0.500. The van der Waals surface area contributed by atoms with Crippen molar-refractivity contribution in [3.05, 3.63) is 29.3 Å². The molecule has 3 nitrogen and oxygen atoms in total. The molecule has 0 aliphatic carbocycles. The highest BCUT2D eigenvalue weighted by molar-refractivity contribution is 5.94. The highest BCUT2D eigenvalue weighted by Crippen LogP contribution is 2.22. The molecule has 0 radical (unpaired) electrons. The van der Waals surface area contributed by atoms with Gasteiger partial charge in [-0.3, -0.25) is 4.79 Å². The zero-order chi connectivity index (χ0) is 12.3. The van der Waals surface area contributed by atoms with E-state index in [2.05, 4.69) is 26.0 Å². The van der Waals surface area contributed by atoms with Crippen LogP contribution in [0.4, 0.5) is 5.69 Å². The van der Waals surface area contributed by atoms with Gasteiger partial charge in [-0.1, -0.05) is 19.9 Å². The van der Waals surface area contributed by atoms with Gasteiger partial charge in [-0.2, -0.15) is 0 Å². The number of benzene rings is 1. The molecule has 1 aliphatic rings. The molecule has 1 aliphatic heterocycles. The van der Waals surface area contributed by atoms with E-state index >= 15 is 0 Å². The van der Waals surface area contributed by atoms with Gasteiger partial charge >= 0.3 is 0 Å². The lowest BCUT2D eigenvalue weighted by Crippen LogP contribution is -2.41. The second kappa shape index (κ2) is 5.32. The van der Waals surface area contributed by atoms with E-state index in [1.165, 1.54) is 11.1 Å². The van der Waals surface area contributed by atoms with Crippen LogP contribution in [0.1, 0.15) is 25.0 Å². The lowest BCUT2D eigenvalue weighted by molar-refractivity contribution is -0.125. The molecule has 1 saturated heterocycles. The quantitative estimate of drug-likeness (QED) is 0.800. The Labute approximate surface area is 102 Å². The van der Waals surface area contributed by atoms with E-state index in [1.807, 2.05) is 11.0 Å². The number of carbonyl (C=O) groups is 1. The summed E-state index contributed by atoms with van der Waals surface area (Å²) in [6.07, 6.45) is 2.05. The molecule has 2 rings (SSSR count). The summed E-state index contributed by atoms with van der Waals surface area (Å²) in [5.41, 5.74) is 3.72. The molecular formula is C14H19NO2. The van der Waals surface area contributed by atoms with Crippen LogP contribution in [0.3, 0.4) is 0 Å². The lowest BCUT2D eigenvalue weighted by Gasteiger charge is -2.27. The number of morpholine rings is 1. The maximum atomic E-state index is 11.7. The normalized spacial score (nSPS) is 16.4. The monoisotopic (exact) mass is 233 g/mol. The second-order valence-electron chi connectivity index (χ2n) is 4.26. The van der Waals surface area contributed by atoms with E-state index in [4.69, 9.17) is 4.74 Å². The third-order valence-corrected chi connectivity index (χ3v) is 3.25. The first-order valence-electron chi connectivity index (χ1n) is 6.26. The first kappa shape index (κ1) is 12.1. The Hall–Kier alpha value is -1.35. The summed E-state index contributed by atoms with van der Waals surface area (Å²) >= 11 is 0. The molecule has 1 amide bonds. The smallest absolute Gasteiger partial charge is 0.253 e. The Morgan fingerprint density at radius 3 is 2.65 bits per heavy atom. The van der Waals surface area contributed by atoms with Crippen LogP contribution in [0.25, 0.3) is 0 Å². The van der Waals surface area contributed by atoms with Gasteiger partial charge in [0.15, 0.2) is 0 Å². The average molecular weight is 233 g/mol. The van der Waals surface area contributed by atoms with Crippen LogP contribution < -0.4 is 4.90 Å². The topological polar surface area (TPSA) is 29.5 Å². The molecule has 0 N–H and O–H groups in total. The second-order valence-corrected chi connectivity index (χ2v) is 4.26. The maximum Gasteiger partial charge on any atom is 0.253 e. The maximum absolute atomic E-state index is 11.7. The van der Waals surface area contributed by atoms with Crippen LogP contribution in [0.2, 0.25) is 0 Å². The van der Waals surface area contributed by atoms with Crippen LogP contribution >= 0.6 is 0 Å². The highest BCUT2D eigenvalue weighted by Gasteiger charge is 2.20. The van der Waals surface area contributed by atoms with Crippen molar-refractivity contribution in [2.45, 2.75) is 26.7 Å². The summed E-state index contributed by atoms with van der Waals surface area (Å²) in [7, 11) is 0. The van der Waals surface area contributed by atoms with Gasteiger partial charge < -0.3 is 9.64 Å². The van der Waals surface area contributed by atoms with Crippen molar-refractivity contribution >= 4 is 11.6 Å². The Balaban J connectivity index is 2.29. The number of nitrogens with zero attached hydrogens (tertiary/aromatic N) is 1. The molecule has 1 heterocycles. The first-order chi connectivity index (χ1) is 8.26. The summed E-state index contributed by atoms with van der Waals surface area (Å²) in [4.78, 5) is 13.6. The van der Waals surface area contributed by atoms with Gasteiger partial charge in [0.2, 0.25) is 0 Å². The number of anilines is 1. The van der Waals surface area contributed by atoms with Crippen LogP contribution in [0.15, 0.2) is 18.2 Å². The number of amides is 1. The average Bonchev–Trinajstić information content (AvgIpc) is 2.38. The molecule has 1 aromatic carbocycles. The van der Waals surface area contributed by atoms with E-state index in [0.717, 1.165) is 18.5 Å². The van der Waals surface area contributed by atoms with Gasteiger partial charge in [0.25, 0.3) is 5.91 Å². The molecule has 17 heavy (non-hydrogen) atoms. The molecule has 0 saturated carbocycles. The number of hydrogen-bond donors (Lipinski definition) is 0. The van der Waals surface area contributed by atoms with E-state index in [-0.39, 0.29) is 12.5 Å². The van der Waals surface area contributed by atoms with Crippen molar-refractivity contribution < 1.29 is 9.53 Å². The summed E-state index contributed by atoms with van der Waals surface area (Å²) in [6.45, 7) is 5.81. The number of ether oxygens (including phenoxy) is 1. The SMILES string of the molecule is CCc1ccc(N2CCOCC2=O)cc1CC. The van der Waals surface area contributed by atoms with E-state index in [9.17, 15) is 4.79 Å². The van der Waals surface area contributed by atoms with Crippen LogP contribution in [0.5, 0.6) is 0 Å². The molecule has 3 heteroatoms. The Morgan fingerprint density at radius 1 is 1.24 bits per heavy atom. The number of carbonyl (C=O) groups excluding carboxylic acids is 1. The molecule has 1 fully saturated rings. The molecular weight excluding hydrogens is 214 g/mol. The third-order valence-electron chi connectivity index (χ3n) is 3.25. The predicted octanol–water partition coefficient (Wildman–Crippen LogP) is 2.17. The number of hydrogen-bond acceptors (Lipinski definition) is 2. The summed E-state index contributed by atoms with van der Waals surface area (Å²) in [5.74, 6) is 0.0579. The van der Waals surface area contributed by atoms with Crippen molar-refractivity contribution in [1.82, 2.24) is 0 Å². The fourth-order valence-electron chi connectivity index (χ4n) is 2.25. The van der Waals surface area contributed by atoms with Gasteiger partial charge in [-0.15, -0.1) is 0 Å². The standard InChI is InChI=1S/C14H19NO2/c1-3-11-5-6-13(9-12(11)4-2)15-7-8-17-10-14(15)16/h5-6,9H,3-4,7-8,10H2,1-2H3. The molecule has 0 atom stereocenters. The van der Waals surface area contributed by atoms with Crippen LogP contribution in [-0.4, -0.2) is 25.7 Å². The Kier molecular flexibility index (Phi) is 3.79. The lowest BCUT2D eigenvalue weighted by atomic mass is 10.0. The number of aryl methyl sites for hydroxylation is 2. The van der Waals surface area contributed by atoms with Crippen LogP contribution in [-0.2, 0) is 22.4 Å². The number of rotatable bonds is 3. The molecule has 1 aromatic rings. The minimum absolute atomic E-state index is 0.0579. The van der Waals surface area contributed by atoms with Crippen molar-refractivity contribution in [3.63, 3.8) is 0 Å². The highest BCUT2D eigenvalue weighted by atomic mass is 16.5. The largest absolute Gasteiger partial charge is 0.370 e. The van der Waals surface area contributed by atoms with Gasteiger partial charge in [-0.25, -0.2) is 0 Å². The Bertz CT molecular complexity index is 415. The minimum atomic E-state index is 0.0579. The van der Waals surface area contributed by atoms with Crippen LogP contribution in [0, 0.1) is 0 Å². The van der Waals surface area contributed by atoms with E-state index < -0.39 is 0 Å². The summed E-state index contributed by atoms with van der Waals surface area (Å²) < 4.78 is 5.14.